The smallest absolute Gasteiger partial charge is 0.306 e. The lowest BCUT2D eigenvalue weighted by atomic mass is 9.88. The van der Waals surface area contributed by atoms with Gasteiger partial charge in [-0.15, -0.1) is 0 Å². The van der Waals surface area contributed by atoms with Crippen LogP contribution >= 0.6 is 0 Å². The number of benzene rings is 3. The lowest BCUT2D eigenvalue weighted by molar-refractivity contribution is -0.141. The minimum absolute atomic E-state index is 0.0369. The van der Waals surface area contributed by atoms with Crippen molar-refractivity contribution in [2.45, 2.75) is 45.1 Å². The van der Waals surface area contributed by atoms with E-state index in [0.29, 0.717) is 30.1 Å². The highest BCUT2D eigenvalue weighted by atomic mass is 19.1. The maximum atomic E-state index is 15.3. The summed E-state index contributed by atoms with van der Waals surface area (Å²) in [6, 6.07) is 17.5. The number of nitrogens with zero attached hydrogens (tertiary/aromatic N) is 1. The molecule has 1 aliphatic heterocycles. The van der Waals surface area contributed by atoms with Crippen LogP contribution in [0, 0.1) is 19.7 Å². The van der Waals surface area contributed by atoms with Crippen molar-refractivity contribution >= 4 is 5.97 Å². The van der Waals surface area contributed by atoms with Gasteiger partial charge < -0.3 is 14.2 Å². The predicted molar refractivity (Wildman–Crippen MR) is 148 cm³/mol. The molecule has 1 unspecified atom stereocenters. The maximum absolute atomic E-state index is 15.3. The van der Waals surface area contributed by atoms with Gasteiger partial charge in [0.25, 0.3) is 0 Å². The summed E-state index contributed by atoms with van der Waals surface area (Å²) in [5, 5.41) is 0. The Bertz CT molecular complexity index is 1540. The number of hydrogen-bond acceptors (Lipinski definition) is 5. The van der Waals surface area contributed by atoms with Gasteiger partial charge in [-0.3, -0.25) is 9.78 Å². The minimum atomic E-state index is -0.387. The second kappa shape index (κ2) is 10.2. The van der Waals surface area contributed by atoms with Gasteiger partial charge in [-0.1, -0.05) is 24.3 Å². The van der Waals surface area contributed by atoms with Crippen LogP contribution < -0.4 is 9.47 Å². The lowest BCUT2D eigenvalue weighted by Crippen LogP contribution is -2.09. The zero-order valence-electron chi connectivity index (χ0n) is 22.3. The van der Waals surface area contributed by atoms with Crippen LogP contribution in [0.5, 0.6) is 11.5 Å². The van der Waals surface area contributed by atoms with Crippen molar-refractivity contribution in [1.82, 2.24) is 4.98 Å². The monoisotopic (exact) mass is 523 g/mol. The number of carbonyl (C=O) groups excluding carboxylic acids is 1. The van der Waals surface area contributed by atoms with Gasteiger partial charge in [0.15, 0.2) is 0 Å². The molecule has 39 heavy (non-hydrogen) atoms. The summed E-state index contributed by atoms with van der Waals surface area (Å²) >= 11 is 0. The normalized spacial score (nSPS) is 17.3. The van der Waals surface area contributed by atoms with E-state index in [4.69, 9.17) is 14.2 Å². The molecular formula is C33H30FNO4. The first kappa shape index (κ1) is 25.1. The molecule has 3 aromatic carbocycles. The highest BCUT2D eigenvalue weighted by molar-refractivity contribution is 5.79. The van der Waals surface area contributed by atoms with Crippen LogP contribution in [0.4, 0.5) is 4.39 Å². The van der Waals surface area contributed by atoms with Crippen LogP contribution in [0.25, 0.3) is 22.3 Å². The minimum Gasteiger partial charge on any atom is -0.492 e. The number of ether oxygens (including phenoxy) is 3. The molecular weight excluding hydrogens is 493 g/mol. The molecule has 0 N–H and O–H groups in total. The van der Waals surface area contributed by atoms with Gasteiger partial charge >= 0.3 is 5.97 Å². The highest BCUT2D eigenvalue weighted by Crippen LogP contribution is 2.45. The standard InChI is InChI=1S/C33H30FNO4/c1-19-14-22(21-10-12-35-13-11-21)15-20(2)32(19)26-6-8-28(34)33-27(26)7-9-29(33)39-24-4-5-25-23(16-31(36)37-3)18-38-30(25)17-24/h4-6,8,10-15,17,23,29H,7,9,16,18H2,1-3H3/t23?,29-/m1/s1. The fraction of sp³-hybridized carbons (Fsp3) is 0.273. The van der Waals surface area contributed by atoms with Gasteiger partial charge in [0.2, 0.25) is 0 Å². The number of methoxy groups -OCH3 is 1. The molecule has 0 bridgehead atoms. The van der Waals surface area contributed by atoms with Crippen molar-refractivity contribution in [3.05, 3.63) is 101 Å². The van der Waals surface area contributed by atoms with Crippen molar-refractivity contribution in [3.63, 3.8) is 0 Å². The number of aromatic nitrogens is 1. The molecule has 2 aliphatic rings. The number of rotatable bonds is 6. The van der Waals surface area contributed by atoms with Gasteiger partial charge in [-0.25, -0.2) is 4.39 Å². The first-order chi connectivity index (χ1) is 18.9. The molecule has 6 heteroatoms. The van der Waals surface area contributed by atoms with Crippen LogP contribution in [0.15, 0.2) is 67.0 Å². The molecule has 0 radical (unpaired) electrons. The second-order valence-electron chi connectivity index (χ2n) is 10.3. The maximum Gasteiger partial charge on any atom is 0.306 e. The third kappa shape index (κ3) is 4.65. The Morgan fingerprint density at radius 3 is 2.54 bits per heavy atom. The van der Waals surface area contributed by atoms with Crippen LogP contribution in [-0.4, -0.2) is 24.7 Å². The fourth-order valence-corrected chi connectivity index (χ4v) is 6.07. The summed E-state index contributed by atoms with van der Waals surface area (Å²) in [5.74, 6) is 0.794. The SMILES string of the molecule is COC(=O)CC1COc2cc(O[C@@H]3CCc4c(-c5c(C)cc(-c6ccncc6)cc5C)ccc(F)c43)ccc21. The van der Waals surface area contributed by atoms with Crippen molar-refractivity contribution in [3.8, 4) is 33.8 Å². The Morgan fingerprint density at radius 2 is 1.79 bits per heavy atom. The Hall–Kier alpha value is -4.19. The van der Waals surface area contributed by atoms with E-state index in [1.54, 1.807) is 18.5 Å². The van der Waals surface area contributed by atoms with E-state index in [9.17, 15) is 4.79 Å². The summed E-state index contributed by atoms with van der Waals surface area (Å²) in [6.45, 7) is 4.66. The first-order valence-corrected chi connectivity index (χ1v) is 13.3. The van der Waals surface area contributed by atoms with Gasteiger partial charge in [0.05, 0.1) is 20.1 Å². The number of fused-ring (bicyclic) bond motifs is 2. The van der Waals surface area contributed by atoms with Crippen molar-refractivity contribution in [1.29, 1.82) is 0 Å². The summed E-state index contributed by atoms with van der Waals surface area (Å²) < 4.78 is 32.3. The van der Waals surface area contributed by atoms with E-state index < -0.39 is 0 Å². The number of esters is 1. The number of carbonyl (C=O) groups is 1. The molecule has 0 fully saturated rings. The molecule has 0 amide bonds. The van der Waals surface area contributed by atoms with Crippen LogP contribution in [0.2, 0.25) is 0 Å². The molecule has 1 aliphatic carbocycles. The van der Waals surface area contributed by atoms with Crippen molar-refractivity contribution in [2.75, 3.05) is 13.7 Å². The Balaban J connectivity index is 1.29. The molecule has 0 saturated heterocycles. The molecule has 4 aromatic rings. The van der Waals surface area contributed by atoms with Crippen molar-refractivity contribution < 1.29 is 23.4 Å². The molecule has 0 spiro atoms. The molecule has 2 heterocycles. The Kier molecular flexibility index (Phi) is 6.55. The molecule has 0 saturated carbocycles. The topological polar surface area (TPSA) is 57.7 Å². The summed E-state index contributed by atoms with van der Waals surface area (Å²) in [5.41, 5.74) is 9.39. The molecule has 2 atom stereocenters. The third-order valence-corrected chi connectivity index (χ3v) is 7.88. The molecule has 1 aromatic heterocycles. The molecule has 6 rings (SSSR count). The van der Waals surface area contributed by atoms with E-state index >= 15 is 4.39 Å². The van der Waals surface area contributed by atoms with Gasteiger partial charge in [0, 0.05) is 35.5 Å². The predicted octanol–water partition coefficient (Wildman–Crippen LogP) is 7.28. The fourth-order valence-electron chi connectivity index (χ4n) is 6.07. The molecule has 198 valence electrons. The zero-order chi connectivity index (χ0) is 27.1. The molecule has 5 nitrogen and oxygen atoms in total. The first-order valence-electron chi connectivity index (χ1n) is 13.3. The quantitative estimate of drug-likeness (QED) is 0.249. The van der Waals surface area contributed by atoms with E-state index in [1.807, 2.05) is 36.4 Å². The van der Waals surface area contributed by atoms with Crippen LogP contribution in [-0.2, 0) is 16.0 Å². The number of pyridine rings is 1. The average molecular weight is 524 g/mol. The van der Waals surface area contributed by atoms with Crippen molar-refractivity contribution in [2.24, 2.45) is 0 Å². The number of aryl methyl sites for hydroxylation is 2. The number of hydrogen-bond donors (Lipinski definition) is 0. The Morgan fingerprint density at radius 1 is 1.03 bits per heavy atom. The summed E-state index contributed by atoms with van der Waals surface area (Å²) in [7, 11) is 1.39. The third-order valence-electron chi connectivity index (χ3n) is 7.88. The lowest BCUT2D eigenvalue weighted by Gasteiger charge is -2.19. The van der Waals surface area contributed by atoms with Gasteiger partial charge in [-0.05, 0) is 89.9 Å². The van der Waals surface area contributed by atoms with Crippen LogP contribution in [0.1, 0.15) is 52.7 Å². The van der Waals surface area contributed by atoms with E-state index in [2.05, 4.69) is 31.0 Å². The van der Waals surface area contributed by atoms with Crippen LogP contribution in [0.3, 0.4) is 0 Å². The van der Waals surface area contributed by atoms with E-state index in [1.165, 1.54) is 7.11 Å². The summed E-state index contributed by atoms with van der Waals surface area (Å²) in [6.07, 6.45) is 4.92. The zero-order valence-corrected chi connectivity index (χ0v) is 22.3. The number of halogens is 1. The summed E-state index contributed by atoms with van der Waals surface area (Å²) in [4.78, 5) is 15.9. The Labute approximate surface area is 227 Å². The highest BCUT2D eigenvalue weighted by Gasteiger charge is 2.32. The average Bonchev–Trinajstić information content (AvgIpc) is 3.54. The van der Waals surface area contributed by atoms with E-state index in [0.717, 1.165) is 50.9 Å². The second-order valence-corrected chi connectivity index (χ2v) is 10.3. The largest absolute Gasteiger partial charge is 0.492 e. The van der Waals surface area contributed by atoms with Gasteiger partial charge in [0.1, 0.15) is 23.4 Å². The van der Waals surface area contributed by atoms with E-state index in [-0.39, 0.29) is 30.2 Å². The van der Waals surface area contributed by atoms with Gasteiger partial charge in [-0.2, -0.15) is 0 Å².